The number of aromatic hydroxyl groups is 1. The fraction of sp³-hybridized carbons (Fsp3) is 0.458. The number of phenols is 1. The first-order valence-electron chi connectivity index (χ1n) is 10.4. The van der Waals surface area contributed by atoms with Crippen molar-refractivity contribution in [1.29, 1.82) is 0 Å². The number of carbonyl (C=O) groups is 1. The average Bonchev–Trinajstić information content (AvgIpc) is 2.66. The molecule has 0 aromatic heterocycles. The normalized spacial score (nSPS) is 29.8. The summed E-state index contributed by atoms with van der Waals surface area (Å²) in [6.07, 6.45) is 7.65. The molecule has 0 heterocycles. The molecule has 0 aliphatic heterocycles. The van der Waals surface area contributed by atoms with Crippen molar-refractivity contribution in [1.82, 2.24) is 0 Å². The first-order chi connectivity index (χ1) is 13.9. The number of ether oxygens (including phenoxy) is 1. The molecule has 0 unspecified atom stereocenters. The van der Waals surface area contributed by atoms with E-state index in [0.717, 1.165) is 34.4 Å². The number of carboxylic acid groups (broad SMARTS) is 1. The molecule has 152 valence electrons. The quantitative estimate of drug-likeness (QED) is 0.666. The molecule has 4 aliphatic carbocycles. The second-order valence-corrected chi connectivity index (χ2v) is 9.66. The van der Waals surface area contributed by atoms with Crippen molar-refractivity contribution in [2.24, 2.45) is 17.8 Å². The molecule has 5 heteroatoms. The van der Waals surface area contributed by atoms with Gasteiger partial charge in [-0.25, -0.2) is 4.79 Å². The third-order valence-electron chi connectivity index (χ3n) is 7.22. The maximum Gasteiger partial charge on any atom is 0.341 e. The van der Waals surface area contributed by atoms with Crippen molar-refractivity contribution >= 4 is 17.6 Å². The van der Waals surface area contributed by atoms with Crippen molar-refractivity contribution in [3.8, 4) is 22.6 Å². The van der Waals surface area contributed by atoms with E-state index in [4.69, 9.17) is 21.4 Å². The molecule has 2 N–H and O–H groups in total. The van der Waals surface area contributed by atoms with Crippen LogP contribution in [-0.4, -0.2) is 22.8 Å². The number of rotatable bonds is 5. The van der Waals surface area contributed by atoms with Crippen LogP contribution in [0.2, 0.25) is 5.02 Å². The molecule has 0 saturated heterocycles. The predicted molar refractivity (Wildman–Crippen MR) is 112 cm³/mol. The Bertz CT molecular complexity index is 932. The second-order valence-electron chi connectivity index (χ2n) is 9.25. The van der Waals surface area contributed by atoms with E-state index in [2.05, 4.69) is 6.07 Å². The van der Waals surface area contributed by atoms with Gasteiger partial charge >= 0.3 is 5.97 Å². The molecule has 29 heavy (non-hydrogen) atoms. The minimum Gasteiger partial charge on any atom is -0.508 e. The SMILES string of the molecule is O=C(O)COc1ccc(-c2ccc(O)c(C34CC5CC(CC(C5)C3)C4)c2)c(Cl)c1. The Labute approximate surface area is 175 Å². The van der Waals surface area contributed by atoms with E-state index in [1.54, 1.807) is 18.2 Å². The predicted octanol–water partition coefficient (Wildman–Crippen LogP) is 5.64. The van der Waals surface area contributed by atoms with Crippen LogP contribution in [-0.2, 0) is 10.2 Å². The Morgan fingerprint density at radius 2 is 1.69 bits per heavy atom. The first kappa shape index (κ1) is 18.8. The van der Waals surface area contributed by atoms with Gasteiger partial charge in [0.25, 0.3) is 0 Å². The molecule has 4 bridgehead atoms. The Morgan fingerprint density at radius 3 is 2.28 bits per heavy atom. The van der Waals surface area contributed by atoms with E-state index in [0.29, 0.717) is 16.5 Å². The monoisotopic (exact) mass is 412 g/mol. The maximum atomic E-state index is 10.8. The van der Waals surface area contributed by atoms with Crippen LogP contribution in [0.4, 0.5) is 0 Å². The summed E-state index contributed by atoms with van der Waals surface area (Å²) in [7, 11) is 0. The highest BCUT2D eigenvalue weighted by molar-refractivity contribution is 6.33. The van der Waals surface area contributed by atoms with Gasteiger partial charge in [0.1, 0.15) is 11.5 Å². The Morgan fingerprint density at radius 1 is 1.03 bits per heavy atom. The third-order valence-corrected chi connectivity index (χ3v) is 7.53. The minimum atomic E-state index is -1.02. The first-order valence-corrected chi connectivity index (χ1v) is 10.8. The highest BCUT2D eigenvalue weighted by Crippen LogP contribution is 2.62. The number of aliphatic carboxylic acids is 1. The molecule has 4 fully saturated rings. The molecule has 2 aromatic rings. The summed E-state index contributed by atoms with van der Waals surface area (Å²) in [5, 5.41) is 20.0. The molecule has 4 aliphatic rings. The Hall–Kier alpha value is -2.20. The molecular weight excluding hydrogens is 388 g/mol. The van der Waals surface area contributed by atoms with Crippen LogP contribution in [0.15, 0.2) is 36.4 Å². The number of hydrogen-bond donors (Lipinski definition) is 2. The van der Waals surface area contributed by atoms with E-state index in [1.165, 1.54) is 38.5 Å². The Kier molecular flexibility index (Phi) is 4.50. The summed E-state index contributed by atoms with van der Waals surface area (Å²) in [5.41, 5.74) is 3.02. The van der Waals surface area contributed by atoms with Gasteiger partial charge in [0, 0.05) is 11.1 Å². The van der Waals surface area contributed by atoms with Crippen LogP contribution in [0, 0.1) is 17.8 Å². The summed E-state index contributed by atoms with van der Waals surface area (Å²) in [6, 6.07) is 11.1. The van der Waals surface area contributed by atoms with E-state index in [1.807, 2.05) is 12.1 Å². The van der Waals surface area contributed by atoms with Crippen LogP contribution in [0.5, 0.6) is 11.5 Å². The molecular formula is C24H25ClO4. The molecule has 0 radical (unpaired) electrons. The topological polar surface area (TPSA) is 66.8 Å². The van der Waals surface area contributed by atoms with Crippen molar-refractivity contribution in [2.45, 2.75) is 43.9 Å². The lowest BCUT2D eigenvalue weighted by molar-refractivity contribution is -0.139. The Balaban J connectivity index is 1.48. The van der Waals surface area contributed by atoms with Crippen molar-refractivity contribution in [3.63, 3.8) is 0 Å². The zero-order chi connectivity index (χ0) is 20.2. The van der Waals surface area contributed by atoms with Gasteiger partial charge in [0.15, 0.2) is 6.61 Å². The van der Waals surface area contributed by atoms with Gasteiger partial charge in [-0.05, 0) is 97.6 Å². The van der Waals surface area contributed by atoms with Gasteiger partial charge in [0.05, 0.1) is 5.02 Å². The zero-order valence-electron chi connectivity index (χ0n) is 16.2. The summed E-state index contributed by atoms with van der Waals surface area (Å²) in [5.74, 6) is 2.22. The maximum absolute atomic E-state index is 10.8. The number of halogens is 1. The van der Waals surface area contributed by atoms with E-state index < -0.39 is 12.6 Å². The fourth-order valence-corrected chi connectivity index (χ4v) is 6.81. The molecule has 4 saturated carbocycles. The standard InChI is InChI=1S/C24H25ClO4/c25-21-9-18(29-13-23(27)28)2-3-19(21)17-1-4-22(26)20(8-17)24-10-14-5-15(11-24)7-16(6-14)12-24/h1-4,8-9,14-16,26H,5-7,10-13H2,(H,27,28). The van der Waals surface area contributed by atoms with Crippen molar-refractivity contribution in [2.75, 3.05) is 6.61 Å². The summed E-state index contributed by atoms with van der Waals surface area (Å²) in [4.78, 5) is 10.7. The van der Waals surface area contributed by atoms with Crippen LogP contribution in [0.25, 0.3) is 11.1 Å². The largest absolute Gasteiger partial charge is 0.508 e. The van der Waals surface area contributed by atoms with Gasteiger partial charge < -0.3 is 14.9 Å². The molecule has 0 amide bonds. The van der Waals surface area contributed by atoms with Crippen molar-refractivity contribution < 1.29 is 19.7 Å². The third kappa shape index (κ3) is 3.38. The van der Waals surface area contributed by atoms with Gasteiger partial charge in [-0.3, -0.25) is 0 Å². The summed E-state index contributed by atoms with van der Waals surface area (Å²) >= 11 is 6.50. The lowest BCUT2D eigenvalue weighted by Crippen LogP contribution is -2.48. The smallest absolute Gasteiger partial charge is 0.341 e. The molecule has 6 rings (SSSR count). The van der Waals surface area contributed by atoms with Gasteiger partial charge in [-0.2, -0.15) is 0 Å². The van der Waals surface area contributed by atoms with E-state index >= 15 is 0 Å². The van der Waals surface area contributed by atoms with Gasteiger partial charge in [0.2, 0.25) is 0 Å². The highest BCUT2D eigenvalue weighted by Gasteiger charge is 2.52. The molecule has 0 atom stereocenters. The van der Waals surface area contributed by atoms with E-state index in [9.17, 15) is 9.90 Å². The number of phenolic OH excluding ortho intramolecular Hbond substituents is 1. The van der Waals surface area contributed by atoms with Crippen LogP contribution >= 0.6 is 11.6 Å². The van der Waals surface area contributed by atoms with Crippen molar-refractivity contribution in [3.05, 3.63) is 47.0 Å². The van der Waals surface area contributed by atoms with Crippen LogP contribution in [0.1, 0.15) is 44.1 Å². The van der Waals surface area contributed by atoms with Gasteiger partial charge in [-0.1, -0.05) is 17.7 Å². The number of carboxylic acids is 1. The lowest BCUT2D eigenvalue weighted by atomic mass is 9.48. The van der Waals surface area contributed by atoms with Crippen LogP contribution < -0.4 is 4.74 Å². The fourth-order valence-electron chi connectivity index (χ4n) is 6.53. The van der Waals surface area contributed by atoms with Crippen LogP contribution in [0.3, 0.4) is 0 Å². The van der Waals surface area contributed by atoms with E-state index in [-0.39, 0.29) is 5.41 Å². The average molecular weight is 413 g/mol. The minimum absolute atomic E-state index is 0.103. The van der Waals surface area contributed by atoms with Gasteiger partial charge in [-0.15, -0.1) is 0 Å². The zero-order valence-corrected chi connectivity index (χ0v) is 17.0. The molecule has 0 spiro atoms. The molecule has 2 aromatic carbocycles. The summed E-state index contributed by atoms with van der Waals surface area (Å²) < 4.78 is 5.22. The lowest BCUT2D eigenvalue weighted by Gasteiger charge is -2.57. The number of benzene rings is 2. The molecule has 4 nitrogen and oxygen atoms in total. The highest BCUT2D eigenvalue weighted by atomic mass is 35.5. The number of hydrogen-bond acceptors (Lipinski definition) is 3. The second kappa shape index (κ2) is 6.94. The summed E-state index contributed by atoms with van der Waals surface area (Å²) in [6.45, 7) is -0.398.